The molecule has 1 amide bonds. The van der Waals surface area contributed by atoms with Gasteiger partial charge in [-0.05, 0) is 51.0 Å². The summed E-state index contributed by atoms with van der Waals surface area (Å²) in [4.78, 5) is 21.3. The molecule has 4 rings (SSSR count). The van der Waals surface area contributed by atoms with Gasteiger partial charge in [0.2, 0.25) is 0 Å². The molecule has 6 heteroatoms. The SMILES string of the molecule is Cc1ccc(C(=O)Nc2nc(-c3cc(C)n(CCc4ccccc4)c3C)cs2)cn1. The average Bonchev–Trinajstić information content (AvgIpc) is 3.31. The molecule has 0 bridgehead atoms. The lowest BCUT2D eigenvalue weighted by Gasteiger charge is -2.09. The highest BCUT2D eigenvalue weighted by Gasteiger charge is 2.15. The van der Waals surface area contributed by atoms with Gasteiger partial charge < -0.3 is 4.57 Å². The van der Waals surface area contributed by atoms with Gasteiger partial charge in [0.15, 0.2) is 5.13 Å². The number of benzene rings is 1. The van der Waals surface area contributed by atoms with E-state index in [-0.39, 0.29) is 5.91 Å². The van der Waals surface area contributed by atoms with E-state index in [4.69, 9.17) is 0 Å². The first-order valence-corrected chi connectivity index (χ1v) is 10.8. The van der Waals surface area contributed by atoms with Crippen molar-refractivity contribution >= 4 is 22.4 Å². The van der Waals surface area contributed by atoms with Gasteiger partial charge in [0.1, 0.15) is 0 Å². The average molecular weight is 417 g/mol. The summed E-state index contributed by atoms with van der Waals surface area (Å²) >= 11 is 1.43. The van der Waals surface area contributed by atoms with Crippen molar-refractivity contribution in [2.24, 2.45) is 0 Å². The lowest BCUT2D eigenvalue weighted by molar-refractivity contribution is 0.102. The van der Waals surface area contributed by atoms with Crippen LogP contribution in [0.25, 0.3) is 11.3 Å². The van der Waals surface area contributed by atoms with Crippen LogP contribution in [0.1, 0.15) is 33.0 Å². The van der Waals surface area contributed by atoms with E-state index in [0.29, 0.717) is 10.7 Å². The van der Waals surface area contributed by atoms with Crippen LogP contribution in [0.4, 0.5) is 5.13 Å². The molecule has 0 aliphatic heterocycles. The van der Waals surface area contributed by atoms with Crippen LogP contribution in [-0.4, -0.2) is 20.4 Å². The first kappa shape index (κ1) is 20.0. The predicted molar refractivity (Wildman–Crippen MR) is 122 cm³/mol. The quantitative estimate of drug-likeness (QED) is 0.456. The highest BCUT2D eigenvalue weighted by atomic mass is 32.1. The summed E-state index contributed by atoms with van der Waals surface area (Å²) in [6.45, 7) is 7.07. The van der Waals surface area contributed by atoms with Gasteiger partial charge in [0.05, 0.1) is 11.3 Å². The van der Waals surface area contributed by atoms with Crippen LogP contribution in [0, 0.1) is 20.8 Å². The Morgan fingerprint density at radius 3 is 2.63 bits per heavy atom. The number of aromatic nitrogens is 3. The molecule has 152 valence electrons. The molecule has 0 saturated heterocycles. The van der Waals surface area contributed by atoms with Crippen LogP contribution in [-0.2, 0) is 13.0 Å². The molecule has 4 aromatic rings. The van der Waals surface area contributed by atoms with Gasteiger partial charge in [-0.15, -0.1) is 11.3 Å². The fourth-order valence-corrected chi connectivity index (χ4v) is 4.22. The Balaban J connectivity index is 1.49. The maximum atomic E-state index is 12.4. The first-order chi connectivity index (χ1) is 14.5. The molecule has 0 atom stereocenters. The van der Waals surface area contributed by atoms with Gasteiger partial charge in [-0.25, -0.2) is 4.98 Å². The molecule has 0 spiro atoms. The molecule has 0 fully saturated rings. The third-order valence-corrected chi connectivity index (χ3v) is 5.97. The third-order valence-electron chi connectivity index (χ3n) is 5.21. The van der Waals surface area contributed by atoms with Crippen molar-refractivity contribution in [3.8, 4) is 11.3 Å². The number of hydrogen-bond donors (Lipinski definition) is 1. The fourth-order valence-electron chi connectivity index (χ4n) is 3.52. The summed E-state index contributed by atoms with van der Waals surface area (Å²) in [5, 5.41) is 5.46. The lowest BCUT2D eigenvalue weighted by Crippen LogP contribution is -2.12. The van der Waals surface area contributed by atoms with Gasteiger partial charge in [0, 0.05) is 40.8 Å². The topological polar surface area (TPSA) is 59.8 Å². The molecule has 0 radical (unpaired) electrons. The summed E-state index contributed by atoms with van der Waals surface area (Å²) in [6, 6.07) is 16.3. The van der Waals surface area contributed by atoms with E-state index in [2.05, 4.69) is 64.0 Å². The molecule has 0 aliphatic carbocycles. The van der Waals surface area contributed by atoms with E-state index in [0.717, 1.165) is 29.9 Å². The second kappa shape index (κ2) is 8.63. The summed E-state index contributed by atoms with van der Waals surface area (Å²) in [6.07, 6.45) is 2.57. The van der Waals surface area contributed by atoms with Crippen LogP contribution in [0.15, 0.2) is 60.1 Å². The highest BCUT2D eigenvalue weighted by molar-refractivity contribution is 7.14. The number of nitrogens with zero attached hydrogens (tertiary/aromatic N) is 3. The van der Waals surface area contributed by atoms with E-state index >= 15 is 0 Å². The number of carbonyl (C=O) groups is 1. The van der Waals surface area contributed by atoms with E-state index in [1.54, 1.807) is 12.3 Å². The highest BCUT2D eigenvalue weighted by Crippen LogP contribution is 2.30. The fraction of sp³-hybridized carbons (Fsp3) is 0.208. The van der Waals surface area contributed by atoms with Crippen molar-refractivity contribution in [1.29, 1.82) is 0 Å². The van der Waals surface area contributed by atoms with Gasteiger partial charge in [-0.1, -0.05) is 30.3 Å². The van der Waals surface area contributed by atoms with Crippen molar-refractivity contribution < 1.29 is 4.79 Å². The minimum Gasteiger partial charge on any atom is -0.348 e. The molecule has 3 aromatic heterocycles. The normalized spacial score (nSPS) is 10.9. The zero-order valence-corrected chi connectivity index (χ0v) is 18.2. The van der Waals surface area contributed by atoms with Crippen LogP contribution in [0.2, 0.25) is 0 Å². The van der Waals surface area contributed by atoms with Crippen LogP contribution in [0.5, 0.6) is 0 Å². The number of thiazole rings is 1. The number of rotatable bonds is 6. The van der Waals surface area contributed by atoms with E-state index in [1.165, 1.54) is 28.3 Å². The maximum absolute atomic E-state index is 12.4. The zero-order valence-electron chi connectivity index (χ0n) is 17.3. The Morgan fingerprint density at radius 2 is 1.90 bits per heavy atom. The second-order valence-electron chi connectivity index (χ2n) is 7.35. The zero-order chi connectivity index (χ0) is 21.1. The van der Waals surface area contributed by atoms with Crippen LogP contribution in [0.3, 0.4) is 0 Å². The number of hydrogen-bond acceptors (Lipinski definition) is 4. The maximum Gasteiger partial charge on any atom is 0.259 e. The summed E-state index contributed by atoms with van der Waals surface area (Å²) in [5.41, 5.74) is 7.13. The smallest absolute Gasteiger partial charge is 0.259 e. The number of anilines is 1. The van der Waals surface area contributed by atoms with E-state index in [9.17, 15) is 4.79 Å². The summed E-state index contributed by atoms with van der Waals surface area (Å²) in [5.74, 6) is -0.197. The molecule has 0 aliphatic rings. The molecular weight excluding hydrogens is 392 g/mol. The van der Waals surface area contributed by atoms with Gasteiger partial charge in [0.25, 0.3) is 5.91 Å². The van der Waals surface area contributed by atoms with E-state index < -0.39 is 0 Å². The van der Waals surface area contributed by atoms with Gasteiger partial charge in [-0.3, -0.25) is 15.1 Å². The molecule has 5 nitrogen and oxygen atoms in total. The van der Waals surface area contributed by atoms with Crippen molar-refractivity contribution in [2.45, 2.75) is 33.7 Å². The van der Waals surface area contributed by atoms with E-state index in [1.807, 2.05) is 24.4 Å². The van der Waals surface area contributed by atoms with Crippen LogP contribution >= 0.6 is 11.3 Å². The minimum absolute atomic E-state index is 0.197. The molecule has 1 N–H and O–H groups in total. The third kappa shape index (κ3) is 4.33. The number of carbonyl (C=O) groups excluding carboxylic acids is 1. The minimum atomic E-state index is -0.197. The first-order valence-electron chi connectivity index (χ1n) is 9.92. The van der Waals surface area contributed by atoms with Crippen molar-refractivity contribution in [2.75, 3.05) is 5.32 Å². The second-order valence-corrected chi connectivity index (χ2v) is 8.21. The van der Waals surface area contributed by atoms with Crippen molar-refractivity contribution in [1.82, 2.24) is 14.5 Å². The molecule has 30 heavy (non-hydrogen) atoms. The standard InChI is InChI=1S/C24H24N4OS/c1-16-9-10-20(14-25-16)23(29)27-24-26-22(15-30-24)21-13-17(2)28(18(21)3)12-11-19-7-5-4-6-8-19/h4-10,13-15H,11-12H2,1-3H3,(H,26,27,29). The molecule has 1 aromatic carbocycles. The number of amides is 1. The predicted octanol–water partition coefficient (Wildman–Crippen LogP) is 5.43. The molecule has 0 saturated carbocycles. The van der Waals surface area contributed by atoms with Gasteiger partial charge in [-0.2, -0.15) is 0 Å². The Kier molecular flexibility index (Phi) is 5.77. The van der Waals surface area contributed by atoms with Gasteiger partial charge >= 0.3 is 0 Å². The summed E-state index contributed by atoms with van der Waals surface area (Å²) < 4.78 is 2.33. The molecule has 3 heterocycles. The summed E-state index contributed by atoms with van der Waals surface area (Å²) in [7, 11) is 0. The monoisotopic (exact) mass is 416 g/mol. The van der Waals surface area contributed by atoms with Crippen LogP contribution < -0.4 is 5.32 Å². The number of nitrogens with one attached hydrogen (secondary N) is 1. The van der Waals surface area contributed by atoms with Crippen molar-refractivity contribution in [3.63, 3.8) is 0 Å². The number of aryl methyl sites for hydroxylation is 3. The van der Waals surface area contributed by atoms with Crippen molar-refractivity contribution in [3.05, 3.63) is 88.3 Å². The number of pyridine rings is 1. The largest absolute Gasteiger partial charge is 0.348 e. The molecular formula is C24H24N4OS. The Hall–Kier alpha value is -3.25. The Labute approximate surface area is 180 Å². The Morgan fingerprint density at radius 1 is 1.10 bits per heavy atom. The Bertz CT molecular complexity index is 1160. The molecule has 0 unspecified atom stereocenters. The lowest BCUT2D eigenvalue weighted by atomic mass is 10.1.